The quantitative estimate of drug-likeness (QED) is 0.473. The zero-order chi connectivity index (χ0) is 11.4. The highest BCUT2D eigenvalue weighted by atomic mass is 32.1. The summed E-state index contributed by atoms with van der Waals surface area (Å²) in [7, 11) is 0. The normalized spacial score (nSPS) is 12.8. The second-order valence-corrected chi connectivity index (χ2v) is 4.78. The van der Waals surface area contributed by atoms with Crippen LogP contribution < -0.4 is 11.3 Å². The molecule has 0 aliphatic rings. The third-order valence-electron chi connectivity index (χ3n) is 2.45. The van der Waals surface area contributed by atoms with Crippen molar-refractivity contribution in [2.75, 3.05) is 0 Å². The summed E-state index contributed by atoms with van der Waals surface area (Å²) in [5.74, 6) is 5.48. The molecule has 1 unspecified atom stereocenters. The number of aromatic nitrogens is 1. The molecule has 1 aromatic heterocycles. The molecular formula is C12H15N3S. The number of benzene rings is 1. The predicted octanol–water partition coefficient (Wildman–Crippen LogP) is 2.25. The van der Waals surface area contributed by atoms with E-state index in [4.69, 9.17) is 5.84 Å². The summed E-state index contributed by atoms with van der Waals surface area (Å²) in [4.78, 5) is 4.57. The molecule has 0 saturated carbocycles. The fourth-order valence-electron chi connectivity index (χ4n) is 1.63. The number of fused-ring (bicyclic) bond motifs is 1. The van der Waals surface area contributed by atoms with Gasteiger partial charge < -0.3 is 0 Å². The number of nitrogens with zero attached hydrogens (tertiary/aromatic N) is 1. The molecule has 3 N–H and O–H groups in total. The standard InChI is InChI=1S/C12H15N3S/c1-2-5-9(15-13)8-12-14-10-6-3-4-7-11(10)16-12/h2-4,6-7,9,15H,1,5,8,13H2. The number of hydrogen-bond acceptors (Lipinski definition) is 4. The molecule has 1 atom stereocenters. The lowest BCUT2D eigenvalue weighted by molar-refractivity contribution is 0.530. The Morgan fingerprint density at radius 1 is 1.50 bits per heavy atom. The van der Waals surface area contributed by atoms with E-state index in [-0.39, 0.29) is 6.04 Å². The Hall–Kier alpha value is -1.23. The van der Waals surface area contributed by atoms with E-state index < -0.39 is 0 Å². The molecule has 1 aromatic carbocycles. The topological polar surface area (TPSA) is 50.9 Å². The number of hydrazine groups is 1. The van der Waals surface area contributed by atoms with Crippen molar-refractivity contribution in [3.63, 3.8) is 0 Å². The van der Waals surface area contributed by atoms with Crippen LogP contribution in [-0.4, -0.2) is 11.0 Å². The van der Waals surface area contributed by atoms with Gasteiger partial charge in [-0.25, -0.2) is 4.98 Å². The van der Waals surface area contributed by atoms with E-state index in [0.29, 0.717) is 0 Å². The average molecular weight is 233 g/mol. The predicted molar refractivity (Wildman–Crippen MR) is 69.2 cm³/mol. The maximum Gasteiger partial charge on any atom is 0.0954 e. The Labute approximate surface area is 99.0 Å². The zero-order valence-electron chi connectivity index (χ0n) is 9.02. The van der Waals surface area contributed by atoms with Crippen LogP contribution in [-0.2, 0) is 6.42 Å². The first-order chi connectivity index (χ1) is 7.83. The van der Waals surface area contributed by atoms with Crippen molar-refractivity contribution < 1.29 is 0 Å². The Morgan fingerprint density at radius 2 is 2.31 bits per heavy atom. The third kappa shape index (κ3) is 2.47. The summed E-state index contributed by atoms with van der Waals surface area (Å²) in [6.07, 6.45) is 3.58. The van der Waals surface area contributed by atoms with Crippen LogP contribution in [0.3, 0.4) is 0 Å². The highest BCUT2D eigenvalue weighted by molar-refractivity contribution is 7.18. The number of thiazole rings is 1. The summed E-state index contributed by atoms with van der Waals surface area (Å²) in [6, 6.07) is 8.39. The Balaban J connectivity index is 2.17. The monoisotopic (exact) mass is 233 g/mol. The molecule has 0 aliphatic carbocycles. The van der Waals surface area contributed by atoms with E-state index in [9.17, 15) is 0 Å². The molecule has 0 bridgehead atoms. The zero-order valence-corrected chi connectivity index (χ0v) is 9.83. The van der Waals surface area contributed by atoms with Gasteiger partial charge in [0, 0.05) is 12.5 Å². The lowest BCUT2D eigenvalue weighted by atomic mass is 10.1. The summed E-state index contributed by atoms with van der Waals surface area (Å²) in [5.41, 5.74) is 3.86. The average Bonchev–Trinajstić information content (AvgIpc) is 2.70. The van der Waals surface area contributed by atoms with Crippen molar-refractivity contribution in [3.05, 3.63) is 41.9 Å². The molecule has 2 aromatic rings. The van der Waals surface area contributed by atoms with Gasteiger partial charge in [-0.15, -0.1) is 17.9 Å². The van der Waals surface area contributed by atoms with E-state index in [1.54, 1.807) is 11.3 Å². The van der Waals surface area contributed by atoms with Gasteiger partial charge in [0.05, 0.1) is 15.2 Å². The molecule has 16 heavy (non-hydrogen) atoms. The Morgan fingerprint density at radius 3 is 3.00 bits per heavy atom. The summed E-state index contributed by atoms with van der Waals surface area (Å²) in [6.45, 7) is 3.72. The summed E-state index contributed by atoms with van der Waals surface area (Å²) < 4.78 is 1.23. The number of hydrogen-bond donors (Lipinski definition) is 2. The van der Waals surface area contributed by atoms with E-state index in [1.807, 2.05) is 24.3 Å². The third-order valence-corrected chi connectivity index (χ3v) is 3.50. The van der Waals surface area contributed by atoms with Crippen molar-refractivity contribution in [1.29, 1.82) is 0 Å². The molecular weight excluding hydrogens is 218 g/mol. The highest BCUT2D eigenvalue weighted by Crippen LogP contribution is 2.22. The maximum absolute atomic E-state index is 5.48. The first-order valence-corrected chi connectivity index (χ1v) is 6.06. The molecule has 3 nitrogen and oxygen atoms in total. The molecule has 0 fully saturated rings. The summed E-state index contributed by atoms with van der Waals surface area (Å²) >= 11 is 1.73. The van der Waals surface area contributed by atoms with Gasteiger partial charge in [-0.3, -0.25) is 11.3 Å². The molecule has 4 heteroatoms. The van der Waals surface area contributed by atoms with Crippen molar-refractivity contribution >= 4 is 21.6 Å². The highest BCUT2D eigenvalue weighted by Gasteiger charge is 2.09. The maximum atomic E-state index is 5.48. The van der Waals surface area contributed by atoms with Crippen molar-refractivity contribution in [3.8, 4) is 0 Å². The minimum atomic E-state index is 0.220. The van der Waals surface area contributed by atoms with Crippen LogP contribution in [0.15, 0.2) is 36.9 Å². The van der Waals surface area contributed by atoms with E-state index >= 15 is 0 Å². The second-order valence-electron chi connectivity index (χ2n) is 3.67. The van der Waals surface area contributed by atoms with E-state index in [2.05, 4.69) is 23.1 Å². The first-order valence-electron chi connectivity index (χ1n) is 5.25. The van der Waals surface area contributed by atoms with Crippen LogP contribution in [0.2, 0.25) is 0 Å². The van der Waals surface area contributed by atoms with Crippen LogP contribution in [0.4, 0.5) is 0 Å². The van der Waals surface area contributed by atoms with Gasteiger partial charge in [0.15, 0.2) is 0 Å². The van der Waals surface area contributed by atoms with Crippen LogP contribution in [0.1, 0.15) is 11.4 Å². The fraction of sp³-hybridized carbons (Fsp3) is 0.250. The molecule has 0 aliphatic heterocycles. The van der Waals surface area contributed by atoms with Gasteiger partial charge in [-0.05, 0) is 18.6 Å². The van der Waals surface area contributed by atoms with Gasteiger partial charge in [-0.1, -0.05) is 18.2 Å². The van der Waals surface area contributed by atoms with Crippen LogP contribution >= 0.6 is 11.3 Å². The van der Waals surface area contributed by atoms with Crippen LogP contribution in [0, 0.1) is 0 Å². The van der Waals surface area contributed by atoms with Gasteiger partial charge in [0.25, 0.3) is 0 Å². The largest absolute Gasteiger partial charge is 0.271 e. The first kappa shape index (κ1) is 11.3. The molecule has 0 radical (unpaired) electrons. The molecule has 0 spiro atoms. The van der Waals surface area contributed by atoms with Gasteiger partial charge in [0.2, 0.25) is 0 Å². The number of nitrogens with two attached hydrogens (primary N) is 1. The molecule has 2 rings (SSSR count). The number of para-hydroxylation sites is 1. The van der Waals surface area contributed by atoms with E-state index in [0.717, 1.165) is 23.4 Å². The minimum absolute atomic E-state index is 0.220. The van der Waals surface area contributed by atoms with Gasteiger partial charge in [-0.2, -0.15) is 0 Å². The molecule has 0 saturated heterocycles. The SMILES string of the molecule is C=CCC(Cc1nc2ccccc2s1)NN. The van der Waals surface area contributed by atoms with Gasteiger partial charge in [0.1, 0.15) is 0 Å². The second kappa shape index (κ2) is 5.21. The van der Waals surface area contributed by atoms with Crippen LogP contribution in [0.5, 0.6) is 0 Å². The number of rotatable bonds is 5. The van der Waals surface area contributed by atoms with Crippen molar-refractivity contribution in [1.82, 2.24) is 10.4 Å². The van der Waals surface area contributed by atoms with Gasteiger partial charge >= 0.3 is 0 Å². The lowest BCUT2D eigenvalue weighted by Gasteiger charge is -2.10. The van der Waals surface area contributed by atoms with E-state index in [1.165, 1.54) is 4.70 Å². The number of nitrogens with one attached hydrogen (secondary N) is 1. The van der Waals surface area contributed by atoms with Crippen LogP contribution in [0.25, 0.3) is 10.2 Å². The minimum Gasteiger partial charge on any atom is -0.271 e. The van der Waals surface area contributed by atoms with Crippen molar-refractivity contribution in [2.45, 2.75) is 18.9 Å². The fourth-order valence-corrected chi connectivity index (χ4v) is 2.68. The lowest BCUT2D eigenvalue weighted by Crippen LogP contribution is -2.36. The Bertz CT molecular complexity index is 445. The molecule has 1 heterocycles. The summed E-state index contributed by atoms with van der Waals surface area (Å²) in [5, 5.41) is 1.12. The Kier molecular flexibility index (Phi) is 3.66. The molecule has 0 amide bonds. The smallest absolute Gasteiger partial charge is 0.0954 e. The van der Waals surface area contributed by atoms with Crippen molar-refractivity contribution in [2.24, 2.45) is 5.84 Å². The molecule has 84 valence electrons.